The average molecular weight is 280 g/mol. The minimum Gasteiger partial charge on any atom is -0.496 e. The van der Waals surface area contributed by atoms with Crippen LogP contribution in [-0.4, -0.2) is 14.2 Å². The number of halogens is 2. The topological polar surface area (TPSA) is 21.3 Å². The van der Waals surface area contributed by atoms with E-state index in [1.165, 1.54) is 12.1 Å². The molecule has 0 amide bonds. The maximum absolute atomic E-state index is 13.0. The number of hydrogen-bond donors (Lipinski definition) is 1. The van der Waals surface area contributed by atoms with Gasteiger partial charge in [0.1, 0.15) is 11.6 Å². The van der Waals surface area contributed by atoms with E-state index < -0.39 is 0 Å². The molecule has 1 atom stereocenters. The fourth-order valence-electron chi connectivity index (χ4n) is 2.08. The number of benzene rings is 2. The summed E-state index contributed by atoms with van der Waals surface area (Å²) in [7, 11) is 3.45. The smallest absolute Gasteiger partial charge is 0.125 e. The Bertz CT molecular complexity index is 557. The van der Waals surface area contributed by atoms with Gasteiger partial charge in [-0.3, -0.25) is 0 Å². The first-order chi connectivity index (χ1) is 9.15. The van der Waals surface area contributed by atoms with Crippen LogP contribution in [0.5, 0.6) is 5.75 Å². The van der Waals surface area contributed by atoms with Crippen LogP contribution in [0, 0.1) is 5.82 Å². The van der Waals surface area contributed by atoms with E-state index in [0.717, 1.165) is 11.1 Å². The van der Waals surface area contributed by atoms with E-state index in [1.807, 2.05) is 19.2 Å². The van der Waals surface area contributed by atoms with Crippen molar-refractivity contribution < 1.29 is 9.13 Å². The maximum atomic E-state index is 13.0. The van der Waals surface area contributed by atoms with Crippen molar-refractivity contribution >= 4 is 11.6 Å². The van der Waals surface area contributed by atoms with Crippen molar-refractivity contribution in [2.75, 3.05) is 14.2 Å². The molecule has 2 aromatic carbocycles. The SMILES string of the molecule is CNC(c1ccc(F)cc1)c1ccc(Cl)cc1OC. The molecule has 0 aliphatic carbocycles. The normalized spacial score (nSPS) is 12.2. The second-order valence-electron chi connectivity index (χ2n) is 4.16. The first kappa shape index (κ1) is 13.8. The number of methoxy groups -OCH3 is 1. The monoisotopic (exact) mass is 279 g/mol. The highest BCUT2D eigenvalue weighted by atomic mass is 35.5. The zero-order valence-electron chi connectivity index (χ0n) is 10.8. The highest BCUT2D eigenvalue weighted by Crippen LogP contribution is 2.32. The summed E-state index contributed by atoms with van der Waals surface area (Å²) in [6.45, 7) is 0. The van der Waals surface area contributed by atoms with E-state index in [9.17, 15) is 4.39 Å². The minimum atomic E-state index is -0.248. The van der Waals surface area contributed by atoms with E-state index in [0.29, 0.717) is 10.8 Å². The van der Waals surface area contributed by atoms with E-state index in [2.05, 4.69) is 5.32 Å². The van der Waals surface area contributed by atoms with E-state index >= 15 is 0 Å². The van der Waals surface area contributed by atoms with Crippen LogP contribution in [0.1, 0.15) is 17.2 Å². The van der Waals surface area contributed by atoms with Gasteiger partial charge < -0.3 is 10.1 Å². The molecule has 1 unspecified atom stereocenters. The summed E-state index contributed by atoms with van der Waals surface area (Å²) in [4.78, 5) is 0. The van der Waals surface area contributed by atoms with Crippen molar-refractivity contribution in [3.63, 3.8) is 0 Å². The molecule has 0 spiro atoms. The Labute approximate surface area is 117 Å². The Kier molecular flexibility index (Phi) is 4.40. The molecule has 0 bridgehead atoms. The van der Waals surface area contributed by atoms with Gasteiger partial charge in [-0.25, -0.2) is 4.39 Å². The average Bonchev–Trinajstić information content (AvgIpc) is 2.43. The van der Waals surface area contributed by atoms with Crippen molar-refractivity contribution in [1.82, 2.24) is 5.32 Å². The molecule has 0 radical (unpaired) electrons. The van der Waals surface area contributed by atoms with Gasteiger partial charge in [-0.15, -0.1) is 0 Å². The highest BCUT2D eigenvalue weighted by molar-refractivity contribution is 6.30. The fourth-order valence-corrected chi connectivity index (χ4v) is 2.24. The lowest BCUT2D eigenvalue weighted by molar-refractivity contribution is 0.405. The Morgan fingerprint density at radius 3 is 2.42 bits per heavy atom. The largest absolute Gasteiger partial charge is 0.496 e. The van der Waals surface area contributed by atoms with Gasteiger partial charge in [0, 0.05) is 10.6 Å². The Balaban J connectivity index is 2.44. The maximum Gasteiger partial charge on any atom is 0.125 e. The van der Waals surface area contributed by atoms with Gasteiger partial charge in [-0.2, -0.15) is 0 Å². The third-order valence-corrected chi connectivity index (χ3v) is 3.23. The van der Waals surface area contributed by atoms with Crippen molar-refractivity contribution in [2.45, 2.75) is 6.04 Å². The van der Waals surface area contributed by atoms with E-state index in [4.69, 9.17) is 16.3 Å². The fraction of sp³-hybridized carbons (Fsp3) is 0.200. The van der Waals surface area contributed by atoms with Crippen LogP contribution in [0.4, 0.5) is 4.39 Å². The molecular formula is C15H15ClFNO. The zero-order chi connectivity index (χ0) is 13.8. The van der Waals surface area contributed by atoms with Crippen LogP contribution in [0.2, 0.25) is 5.02 Å². The van der Waals surface area contributed by atoms with E-state index in [-0.39, 0.29) is 11.9 Å². The van der Waals surface area contributed by atoms with Gasteiger partial charge in [-0.05, 0) is 36.9 Å². The summed E-state index contributed by atoms with van der Waals surface area (Å²) in [5.74, 6) is 0.456. The summed E-state index contributed by atoms with van der Waals surface area (Å²) in [6.07, 6.45) is 0. The lowest BCUT2D eigenvalue weighted by Crippen LogP contribution is -2.18. The quantitative estimate of drug-likeness (QED) is 0.919. The van der Waals surface area contributed by atoms with Gasteiger partial charge in [0.05, 0.1) is 13.2 Å². The molecule has 0 fully saturated rings. The van der Waals surface area contributed by atoms with Gasteiger partial charge in [-0.1, -0.05) is 29.8 Å². The first-order valence-corrected chi connectivity index (χ1v) is 6.29. The third-order valence-electron chi connectivity index (χ3n) is 3.00. The zero-order valence-corrected chi connectivity index (χ0v) is 11.5. The highest BCUT2D eigenvalue weighted by Gasteiger charge is 2.16. The molecule has 0 saturated heterocycles. The molecule has 2 rings (SSSR count). The predicted molar refractivity (Wildman–Crippen MR) is 75.3 cm³/mol. The van der Waals surface area contributed by atoms with Gasteiger partial charge >= 0.3 is 0 Å². The Hall–Kier alpha value is -1.58. The summed E-state index contributed by atoms with van der Waals surface area (Å²) >= 11 is 5.96. The molecule has 4 heteroatoms. The minimum absolute atomic E-state index is 0.0761. The molecule has 0 aliphatic heterocycles. The van der Waals surface area contributed by atoms with Crippen molar-refractivity contribution in [1.29, 1.82) is 0 Å². The summed E-state index contributed by atoms with van der Waals surface area (Å²) < 4.78 is 18.3. The molecule has 2 aromatic rings. The first-order valence-electron chi connectivity index (χ1n) is 5.92. The van der Waals surface area contributed by atoms with Gasteiger partial charge in [0.25, 0.3) is 0 Å². The van der Waals surface area contributed by atoms with Crippen LogP contribution in [0.3, 0.4) is 0 Å². The summed E-state index contributed by atoms with van der Waals surface area (Å²) in [5.41, 5.74) is 1.92. The summed E-state index contributed by atoms with van der Waals surface area (Å²) in [5, 5.41) is 3.82. The number of hydrogen-bond acceptors (Lipinski definition) is 2. The second-order valence-corrected chi connectivity index (χ2v) is 4.60. The Morgan fingerprint density at radius 1 is 1.16 bits per heavy atom. The van der Waals surface area contributed by atoms with Gasteiger partial charge in [0.15, 0.2) is 0 Å². The molecule has 19 heavy (non-hydrogen) atoms. The molecule has 0 aromatic heterocycles. The molecular weight excluding hydrogens is 265 g/mol. The predicted octanol–water partition coefficient (Wildman–Crippen LogP) is 3.80. The number of ether oxygens (including phenoxy) is 1. The van der Waals surface area contributed by atoms with Gasteiger partial charge in [0.2, 0.25) is 0 Å². The number of rotatable bonds is 4. The van der Waals surface area contributed by atoms with Crippen LogP contribution in [-0.2, 0) is 0 Å². The molecule has 0 saturated carbocycles. The molecule has 0 aliphatic rings. The second kappa shape index (κ2) is 6.04. The van der Waals surface area contributed by atoms with Crippen molar-refractivity contribution in [2.24, 2.45) is 0 Å². The van der Waals surface area contributed by atoms with Crippen LogP contribution >= 0.6 is 11.6 Å². The standard InChI is InChI=1S/C15H15ClFNO/c1-18-15(10-3-6-12(17)7-4-10)13-8-5-11(16)9-14(13)19-2/h3-9,15,18H,1-2H3. The van der Waals surface area contributed by atoms with Crippen LogP contribution in [0.15, 0.2) is 42.5 Å². The summed E-state index contributed by atoms with van der Waals surface area (Å²) in [6, 6.07) is 11.8. The lowest BCUT2D eigenvalue weighted by Gasteiger charge is -2.20. The third kappa shape index (κ3) is 3.06. The molecule has 2 nitrogen and oxygen atoms in total. The van der Waals surface area contributed by atoms with Crippen molar-refractivity contribution in [3.8, 4) is 5.75 Å². The molecule has 0 heterocycles. The van der Waals surface area contributed by atoms with E-state index in [1.54, 1.807) is 25.3 Å². The molecule has 100 valence electrons. The lowest BCUT2D eigenvalue weighted by atomic mass is 9.98. The number of nitrogens with one attached hydrogen (secondary N) is 1. The van der Waals surface area contributed by atoms with Crippen LogP contribution in [0.25, 0.3) is 0 Å². The molecule has 1 N–H and O–H groups in total. The Morgan fingerprint density at radius 2 is 1.84 bits per heavy atom. The van der Waals surface area contributed by atoms with Crippen molar-refractivity contribution in [3.05, 3.63) is 64.4 Å². The van der Waals surface area contributed by atoms with Crippen LogP contribution < -0.4 is 10.1 Å².